The largest absolute Gasteiger partial charge is 0.496 e. The van der Waals surface area contributed by atoms with Crippen LogP contribution in [0.3, 0.4) is 0 Å². The molecular weight excluding hydrogens is 316 g/mol. The van der Waals surface area contributed by atoms with Crippen LogP contribution in [0, 0.1) is 17.8 Å². The average molecular weight is 341 g/mol. The molecule has 20 heavy (non-hydrogen) atoms. The summed E-state index contributed by atoms with van der Waals surface area (Å²) in [6, 6.07) is 6.22. The molecule has 3 atom stereocenters. The number of benzene rings is 1. The van der Waals surface area contributed by atoms with E-state index in [1.165, 1.54) is 12.0 Å². The summed E-state index contributed by atoms with van der Waals surface area (Å²) >= 11 is 3.53. The first-order chi connectivity index (χ1) is 9.51. The van der Waals surface area contributed by atoms with Gasteiger partial charge in [-0.05, 0) is 77.1 Å². The van der Waals surface area contributed by atoms with Crippen LogP contribution >= 0.6 is 15.9 Å². The molecule has 1 aromatic carbocycles. The number of halogens is 1. The van der Waals surface area contributed by atoms with Crippen LogP contribution in [0.2, 0.25) is 0 Å². The Bertz CT molecular complexity index is 445. The first kappa shape index (κ1) is 15.8. The Hall–Kier alpha value is -0.540. The van der Waals surface area contributed by atoms with Crippen LogP contribution in [0.4, 0.5) is 0 Å². The molecule has 1 aliphatic rings. The molecule has 0 saturated heterocycles. The standard InChI is InChI=1S/C17H25BrO2/c1-11(2)13-5-6-16(19)14(10-13)8-12-4-7-17(20-3)15(18)9-12/h4,7,9,11,13-14,16,19H,5-6,8,10H2,1-3H3. The molecule has 0 bridgehead atoms. The van der Waals surface area contributed by atoms with E-state index in [4.69, 9.17) is 4.74 Å². The number of rotatable bonds is 4. The fraction of sp³-hybridized carbons (Fsp3) is 0.647. The number of hydrogen-bond acceptors (Lipinski definition) is 2. The lowest BCUT2D eigenvalue weighted by molar-refractivity contribution is 0.0378. The summed E-state index contributed by atoms with van der Waals surface area (Å²) < 4.78 is 6.25. The van der Waals surface area contributed by atoms with Crippen molar-refractivity contribution < 1.29 is 9.84 Å². The molecule has 3 unspecified atom stereocenters. The molecule has 3 heteroatoms. The van der Waals surface area contributed by atoms with Crippen molar-refractivity contribution in [1.82, 2.24) is 0 Å². The van der Waals surface area contributed by atoms with Crippen LogP contribution in [0.1, 0.15) is 38.7 Å². The maximum atomic E-state index is 10.3. The summed E-state index contributed by atoms with van der Waals surface area (Å²) in [6.07, 6.45) is 4.06. The van der Waals surface area contributed by atoms with Crippen LogP contribution < -0.4 is 4.74 Å². The highest BCUT2D eigenvalue weighted by Gasteiger charge is 2.30. The Kier molecular flexibility index (Phi) is 5.50. The second-order valence-electron chi connectivity index (χ2n) is 6.32. The van der Waals surface area contributed by atoms with E-state index in [1.807, 2.05) is 6.07 Å². The van der Waals surface area contributed by atoms with Gasteiger partial charge in [0.05, 0.1) is 17.7 Å². The highest BCUT2D eigenvalue weighted by Crippen LogP contribution is 2.36. The Balaban J connectivity index is 2.05. The molecule has 0 spiro atoms. The minimum absolute atomic E-state index is 0.147. The zero-order chi connectivity index (χ0) is 14.7. The number of aliphatic hydroxyl groups excluding tert-OH is 1. The monoisotopic (exact) mass is 340 g/mol. The Labute approximate surface area is 130 Å². The molecule has 1 N–H and O–H groups in total. The van der Waals surface area contributed by atoms with Crippen LogP contribution in [0.5, 0.6) is 5.75 Å². The minimum atomic E-state index is -0.147. The SMILES string of the molecule is COc1ccc(CC2CC(C(C)C)CCC2O)cc1Br. The maximum absolute atomic E-state index is 10.3. The summed E-state index contributed by atoms with van der Waals surface area (Å²) in [6.45, 7) is 4.59. The molecule has 2 rings (SSSR count). The zero-order valence-electron chi connectivity index (χ0n) is 12.6. The van der Waals surface area contributed by atoms with Gasteiger partial charge in [0.1, 0.15) is 5.75 Å². The predicted molar refractivity (Wildman–Crippen MR) is 86.1 cm³/mol. The highest BCUT2D eigenvalue weighted by molar-refractivity contribution is 9.10. The lowest BCUT2D eigenvalue weighted by Gasteiger charge is -2.35. The molecule has 0 aromatic heterocycles. The van der Waals surface area contributed by atoms with Crippen LogP contribution in [0.25, 0.3) is 0 Å². The fourth-order valence-corrected chi connectivity index (χ4v) is 3.84. The molecule has 1 saturated carbocycles. The normalized spacial score (nSPS) is 26.8. The molecule has 0 amide bonds. The third-order valence-corrected chi connectivity index (χ3v) is 5.26. The minimum Gasteiger partial charge on any atom is -0.496 e. The van der Waals surface area contributed by atoms with Crippen molar-refractivity contribution in [3.63, 3.8) is 0 Å². The molecule has 1 aliphatic carbocycles. The van der Waals surface area contributed by atoms with Gasteiger partial charge in [-0.15, -0.1) is 0 Å². The lowest BCUT2D eigenvalue weighted by atomic mass is 9.73. The van der Waals surface area contributed by atoms with Gasteiger partial charge in [0, 0.05) is 0 Å². The van der Waals surface area contributed by atoms with Crippen molar-refractivity contribution in [2.24, 2.45) is 17.8 Å². The second kappa shape index (κ2) is 6.95. The lowest BCUT2D eigenvalue weighted by Crippen LogP contribution is -2.32. The zero-order valence-corrected chi connectivity index (χ0v) is 14.2. The van der Waals surface area contributed by atoms with Gasteiger partial charge in [0.2, 0.25) is 0 Å². The van der Waals surface area contributed by atoms with E-state index in [2.05, 4.69) is 41.9 Å². The van der Waals surface area contributed by atoms with E-state index in [0.29, 0.717) is 11.8 Å². The third-order valence-electron chi connectivity index (χ3n) is 4.64. The van der Waals surface area contributed by atoms with E-state index >= 15 is 0 Å². The van der Waals surface area contributed by atoms with Gasteiger partial charge in [0.15, 0.2) is 0 Å². The number of ether oxygens (including phenoxy) is 1. The second-order valence-corrected chi connectivity index (χ2v) is 7.17. The average Bonchev–Trinajstić information content (AvgIpc) is 2.41. The molecule has 0 heterocycles. The highest BCUT2D eigenvalue weighted by atomic mass is 79.9. The summed E-state index contributed by atoms with van der Waals surface area (Å²) in [5.41, 5.74) is 1.27. The van der Waals surface area contributed by atoms with E-state index in [9.17, 15) is 5.11 Å². The van der Waals surface area contributed by atoms with Gasteiger partial charge >= 0.3 is 0 Å². The molecule has 0 radical (unpaired) electrons. The van der Waals surface area contributed by atoms with Gasteiger partial charge in [-0.25, -0.2) is 0 Å². The Morgan fingerprint density at radius 3 is 2.70 bits per heavy atom. The Morgan fingerprint density at radius 1 is 1.35 bits per heavy atom. The molecule has 0 aliphatic heterocycles. The van der Waals surface area contributed by atoms with E-state index in [-0.39, 0.29) is 6.10 Å². The first-order valence-corrected chi connectivity index (χ1v) is 8.31. The van der Waals surface area contributed by atoms with Gasteiger partial charge in [0.25, 0.3) is 0 Å². The molecular formula is C17H25BrO2. The van der Waals surface area contributed by atoms with Crippen LogP contribution in [0.15, 0.2) is 22.7 Å². The third kappa shape index (κ3) is 3.76. The van der Waals surface area contributed by atoms with E-state index in [1.54, 1.807) is 7.11 Å². The predicted octanol–water partition coefficient (Wildman–Crippen LogP) is 4.43. The van der Waals surface area contributed by atoms with Gasteiger partial charge in [-0.1, -0.05) is 19.9 Å². The summed E-state index contributed by atoms with van der Waals surface area (Å²) in [5.74, 6) is 2.71. The van der Waals surface area contributed by atoms with Crippen LogP contribution in [-0.2, 0) is 6.42 Å². The summed E-state index contributed by atoms with van der Waals surface area (Å²) in [4.78, 5) is 0. The van der Waals surface area contributed by atoms with Crippen molar-refractivity contribution in [1.29, 1.82) is 0 Å². The summed E-state index contributed by atoms with van der Waals surface area (Å²) in [5, 5.41) is 10.3. The number of aliphatic hydroxyl groups is 1. The van der Waals surface area contributed by atoms with Crippen molar-refractivity contribution in [2.45, 2.75) is 45.6 Å². The quantitative estimate of drug-likeness (QED) is 0.878. The topological polar surface area (TPSA) is 29.5 Å². The van der Waals surface area contributed by atoms with Crippen molar-refractivity contribution >= 4 is 15.9 Å². The number of hydrogen-bond donors (Lipinski definition) is 1. The first-order valence-electron chi connectivity index (χ1n) is 7.51. The molecule has 112 valence electrons. The maximum Gasteiger partial charge on any atom is 0.133 e. The van der Waals surface area contributed by atoms with E-state index in [0.717, 1.165) is 35.4 Å². The Morgan fingerprint density at radius 2 is 2.10 bits per heavy atom. The van der Waals surface area contributed by atoms with Crippen molar-refractivity contribution in [3.8, 4) is 5.75 Å². The fourth-order valence-electron chi connectivity index (χ4n) is 3.25. The smallest absolute Gasteiger partial charge is 0.133 e. The summed E-state index contributed by atoms with van der Waals surface area (Å²) in [7, 11) is 1.68. The number of methoxy groups -OCH3 is 1. The molecule has 1 aromatic rings. The van der Waals surface area contributed by atoms with Gasteiger partial charge in [-0.3, -0.25) is 0 Å². The van der Waals surface area contributed by atoms with Gasteiger partial charge < -0.3 is 9.84 Å². The van der Waals surface area contributed by atoms with Crippen LogP contribution in [-0.4, -0.2) is 18.3 Å². The molecule has 2 nitrogen and oxygen atoms in total. The van der Waals surface area contributed by atoms with Gasteiger partial charge in [-0.2, -0.15) is 0 Å². The van der Waals surface area contributed by atoms with Crippen molar-refractivity contribution in [2.75, 3.05) is 7.11 Å². The molecule has 1 fully saturated rings. The van der Waals surface area contributed by atoms with E-state index < -0.39 is 0 Å². The van der Waals surface area contributed by atoms with Crippen molar-refractivity contribution in [3.05, 3.63) is 28.2 Å².